The Morgan fingerprint density at radius 1 is 1.11 bits per heavy atom. The Bertz CT molecular complexity index is 1210. The number of ether oxygens (including phenoxy) is 2. The number of nitrogens with one attached hydrogen (secondary N) is 1. The number of amides is 2. The van der Waals surface area contributed by atoms with Crippen LogP contribution in [0.2, 0.25) is 0 Å². The minimum absolute atomic E-state index is 0.00251. The van der Waals surface area contributed by atoms with Gasteiger partial charge in [0.2, 0.25) is 0 Å². The summed E-state index contributed by atoms with van der Waals surface area (Å²) in [6, 6.07) is 7.92. The van der Waals surface area contributed by atoms with E-state index in [1.54, 1.807) is 44.7 Å². The molecule has 0 saturated carbocycles. The van der Waals surface area contributed by atoms with Crippen molar-refractivity contribution in [3.63, 3.8) is 0 Å². The van der Waals surface area contributed by atoms with Gasteiger partial charge in [0.25, 0.3) is 5.91 Å². The van der Waals surface area contributed by atoms with Gasteiger partial charge in [0.1, 0.15) is 11.4 Å². The Kier molecular flexibility index (Phi) is 9.79. The third-order valence-corrected chi connectivity index (χ3v) is 5.53. The van der Waals surface area contributed by atoms with Crippen molar-refractivity contribution >= 4 is 18.0 Å². The smallest absolute Gasteiger partial charge is 0.408 e. The van der Waals surface area contributed by atoms with Gasteiger partial charge in [-0.05, 0) is 51.5 Å². The summed E-state index contributed by atoms with van der Waals surface area (Å²) < 4.78 is 23.4. The van der Waals surface area contributed by atoms with Crippen LogP contribution in [0.1, 0.15) is 59.7 Å². The molecule has 9 nitrogen and oxygen atoms in total. The van der Waals surface area contributed by atoms with Gasteiger partial charge in [0, 0.05) is 38.9 Å². The molecule has 2 heterocycles. The quantitative estimate of drug-likeness (QED) is 0.457. The summed E-state index contributed by atoms with van der Waals surface area (Å²) in [6.45, 7) is 10.1. The Hall–Kier alpha value is -3.97. The van der Waals surface area contributed by atoms with Crippen LogP contribution in [0.5, 0.6) is 0 Å². The molecule has 1 aromatic heterocycles. The minimum Gasteiger partial charge on any atom is -0.461 e. The SMILES string of the molecule is CCOC(=O)c1ncc(C(=O)N2CCN(Cc3ccc(F)cc3)CC2)cc1C#CCNC(=O)OC(C)(C)C. The van der Waals surface area contributed by atoms with Crippen LogP contribution >= 0.6 is 0 Å². The summed E-state index contributed by atoms with van der Waals surface area (Å²) in [7, 11) is 0. The summed E-state index contributed by atoms with van der Waals surface area (Å²) in [6.07, 6.45) is 0.738. The van der Waals surface area contributed by atoms with Crippen molar-refractivity contribution in [1.82, 2.24) is 20.1 Å². The highest BCUT2D eigenvalue weighted by Crippen LogP contribution is 2.15. The van der Waals surface area contributed by atoms with Gasteiger partial charge in [0.05, 0.1) is 24.3 Å². The van der Waals surface area contributed by atoms with E-state index in [0.717, 1.165) is 5.56 Å². The lowest BCUT2D eigenvalue weighted by Gasteiger charge is -2.34. The van der Waals surface area contributed by atoms with E-state index in [1.165, 1.54) is 24.4 Å². The van der Waals surface area contributed by atoms with E-state index in [0.29, 0.717) is 38.3 Å². The summed E-state index contributed by atoms with van der Waals surface area (Å²) in [4.78, 5) is 45.5. The first-order chi connectivity index (χ1) is 18.1. The number of nitrogens with zero attached hydrogens (tertiary/aromatic N) is 3. The molecule has 3 rings (SSSR count). The Morgan fingerprint density at radius 2 is 1.79 bits per heavy atom. The summed E-state index contributed by atoms with van der Waals surface area (Å²) >= 11 is 0. The molecule has 1 N–H and O–H groups in total. The zero-order valence-corrected chi connectivity index (χ0v) is 22.2. The first-order valence-electron chi connectivity index (χ1n) is 12.4. The number of esters is 1. The van der Waals surface area contributed by atoms with E-state index >= 15 is 0 Å². The molecule has 202 valence electrons. The number of piperazine rings is 1. The largest absolute Gasteiger partial charge is 0.461 e. The highest BCUT2D eigenvalue weighted by Gasteiger charge is 2.24. The number of hydrogen-bond donors (Lipinski definition) is 1. The normalized spacial score (nSPS) is 13.8. The molecule has 0 radical (unpaired) electrons. The zero-order chi connectivity index (χ0) is 27.7. The second-order valence-corrected chi connectivity index (χ2v) is 9.69. The molecule has 0 unspecified atom stereocenters. The van der Waals surface area contributed by atoms with Crippen LogP contribution in [0.3, 0.4) is 0 Å². The highest BCUT2D eigenvalue weighted by molar-refractivity contribution is 5.96. The Balaban J connectivity index is 1.67. The average molecular weight is 525 g/mol. The minimum atomic E-state index is -0.648. The maximum Gasteiger partial charge on any atom is 0.408 e. The number of hydrogen-bond acceptors (Lipinski definition) is 7. The fourth-order valence-corrected chi connectivity index (χ4v) is 3.75. The van der Waals surface area contributed by atoms with Gasteiger partial charge in [-0.1, -0.05) is 24.0 Å². The average Bonchev–Trinajstić information content (AvgIpc) is 2.87. The third-order valence-electron chi connectivity index (χ3n) is 5.53. The predicted molar refractivity (Wildman–Crippen MR) is 139 cm³/mol. The molecule has 2 amide bonds. The summed E-state index contributed by atoms with van der Waals surface area (Å²) in [5.41, 5.74) is 0.899. The van der Waals surface area contributed by atoms with Gasteiger partial charge in [-0.15, -0.1) is 0 Å². The van der Waals surface area contributed by atoms with Crippen LogP contribution in [0, 0.1) is 17.7 Å². The van der Waals surface area contributed by atoms with Crippen LogP contribution < -0.4 is 5.32 Å². The van der Waals surface area contributed by atoms with Gasteiger partial charge in [-0.3, -0.25) is 9.69 Å². The lowest BCUT2D eigenvalue weighted by Crippen LogP contribution is -2.48. The number of halogens is 1. The third kappa shape index (κ3) is 8.56. The van der Waals surface area contributed by atoms with Gasteiger partial charge in [0.15, 0.2) is 5.69 Å². The number of aromatic nitrogens is 1. The molecule has 1 aliphatic heterocycles. The molecule has 38 heavy (non-hydrogen) atoms. The molecule has 1 fully saturated rings. The van der Waals surface area contributed by atoms with Crippen LogP contribution in [-0.2, 0) is 16.0 Å². The van der Waals surface area contributed by atoms with Crippen molar-refractivity contribution in [2.24, 2.45) is 0 Å². The number of carbonyl (C=O) groups excluding carboxylic acids is 3. The molecule has 0 spiro atoms. The van der Waals surface area contributed by atoms with Gasteiger partial charge in [-0.2, -0.15) is 0 Å². The molecule has 2 aromatic rings. The fraction of sp³-hybridized carbons (Fsp3) is 0.429. The Labute approximate surface area is 222 Å². The van der Waals surface area contributed by atoms with E-state index in [-0.39, 0.29) is 36.1 Å². The van der Waals surface area contributed by atoms with Crippen LogP contribution in [-0.4, -0.2) is 77.7 Å². The van der Waals surface area contributed by atoms with Crippen molar-refractivity contribution in [1.29, 1.82) is 0 Å². The number of rotatable bonds is 6. The molecular formula is C28H33FN4O5. The predicted octanol–water partition coefficient (Wildman–Crippen LogP) is 3.23. The lowest BCUT2D eigenvalue weighted by atomic mass is 10.1. The monoisotopic (exact) mass is 524 g/mol. The van der Waals surface area contributed by atoms with E-state index in [9.17, 15) is 18.8 Å². The van der Waals surface area contributed by atoms with Gasteiger partial charge < -0.3 is 19.7 Å². The van der Waals surface area contributed by atoms with Crippen molar-refractivity contribution in [3.05, 3.63) is 64.7 Å². The molecule has 1 aromatic carbocycles. The summed E-state index contributed by atoms with van der Waals surface area (Å²) in [5, 5.41) is 2.53. The molecular weight excluding hydrogens is 491 g/mol. The second kappa shape index (κ2) is 13.0. The first-order valence-corrected chi connectivity index (χ1v) is 12.4. The van der Waals surface area contributed by atoms with Crippen molar-refractivity contribution < 1.29 is 28.2 Å². The van der Waals surface area contributed by atoms with Crippen molar-refractivity contribution in [2.75, 3.05) is 39.3 Å². The summed E-state index contributed by atoms with van der Waals surface area (Å²) in [5.74, 6) is 4.45. The molecule has 0 atom stereocenters. The number of benzene rings is 1. The van der Waals surface area contributed by atoms with Crippen LogP contribution in [0.15, 0.2) is 36.5 Å². The lowest BCUT2D eigenvalue weighted by molar-refractivity contribution is 0.0513. The molecule has 0 aliphatic carbocycles. The van der Waals surface area contributed by atoms with E-state index in [4.69, 9.17) is 9.47 Å². The van der Waals surface area contributed by atoms with Crippen LogP contribution in [0.25, 0.3) is 0 Å². The van der Waals surface area contributed by atoms with Crippen molar-refractivity contribution in [2.45, 2.75) is 39.8 Å². The molecule has 1 saturated heterocycles. The first kappa shape index (κ1) is 28.6. The number of pyridine rings is 1. The van der Waals surface area contributed by atoms with Crippen LogP contribution in [0.4, 0.5) is 9.18 Å². The van der Waals surface area contributed by atoms with Gasteiger partial charge >= 0.3 is 12.1 Å². The highest BCUT2D eigenvalue weighted by atomic mass is 19.1. The number of carbonyl (C=O) groups is 3. The van der Waals surface area contributed by atoms with E-state index in [1.807, 2.05) is 0 Å². The van der Waals surface area contributed by atoms with E-state index in [2.05, 4.69) is 27.0 Å². The zero-order valence-electron chi connectivity index (χ0n) is 22.2. The topological polar surface area (TPSA) is 101 Å². The van der Waals surface area contributed by atoms with Crippen molar-refractivity contribution in [3.8, 4) is 11.8 Å². The maximum atomic E-state index is 13.2. The van der Waals surface area contributed by atoms with E-state index < -0.39 is 17.7 Å². The fourth-order valence-electron chi connectivity index (χ4n) is 3.75. The number of alkyl carbamates (subject to hydrolysis) is 1. The molecule has 10 heteroatoms. The second-order valence-electron chi connectivity index (χ2n) is 9.69. The Morgan fingerprint density at radius 3 is 2.42 bits per heavy atom. The maximum absolute atomic E-state index is 13.2. The molecule has 0 bridgehead atoms. The van der Waals surface area contributed by atoms with Gasteiger partial charge in [-0.25, -0.2) is 19.0 Å². The molecule has 1 aliphatic rings. The standard InChI is InChI=1S/C28H33FN4O5/c1-5-37-26(35)24-21(7-6-12-30-27(36)38-28(2,3)4)17-22(18-31-24)25(34)33-15-13-32(14-16-33)19-20-8-10-23(29)11-9-20/h8-11,17-18H,5,12-16,19H2,1-4H3,(H,30,36).